The van der Waals surface area contributed by atoms with Crippen molar-refractivity contribution in [3.05, 3.63) is 35.9 Å². The lowest BCUT2D eigenvalue weighted by Gasteiger charge is -2.12. The maximum atomic E-state index is 12.0. The number of hydrogen-bond donors (Lipinski definition) is 0. The SMILES string of the molecule is CO/N=C(/CCc1ccccc1)S(=O)(=O)N(C)C. The Bertz CT molecular complexity index is 495. The second kappa shape index (κ2) is 6.51. The minimum Gasteiger partial charge on any atom is -0.398 e. The molecule has 1 aromatic carbocycles. The third-order valence-electron chi connectivity index (χ3n) is 2.44. The van der Waals surface area contributed by atoms with Crippen LogP contribution < -0.4 is 0 Å². The van der Waals surface area contributed by atoms with Gasteiger partial charge in [0, 0.05) is 20.5 Å². The van der Waals surface area contributed by atoms with Gasteiger partial charge in [0.25, 0.3) is 10.0 Å². The summed E-state index contributed by atoms with van der Waals surface area (Å²) >= 11 is 0. The molecule has 0 N–H and O–H groups in total. The van der Waals surface area contributed by atoms with Crippen molar-refractivity contribution in [1.82, 2.24) is 4.31 Å². The molecule has 0 aliphatic carbocycles. The maximum Gasteiger partial charge on any atom is 0.259 e. The molecule has 1 aromatic rings. The highest BCUT2D eigenvalue weighted by atomic mass is 32.2. The number of rotatable bonds is 5. The van der Waals surface area contributed by atoms with Crippen LogP contribution in [0.1, 0.15) is 12.0 Å². The van der Waals surface area contributed by atoms with Gasteiger partial charge in [0.05, 0.1) is 0 Å². The summed E-state index contributed by atoms with van der Waals surface area (Å²) in [6, 6.07) is 9.66. The number of hydrogen-bond acceptors (Lipinski definition) is 4. The van der Waals surface area contributed by atoms with Crippen LogP contribution in [0.5, 0.6) is 0 Å². The Morgan fingerprint density at radius 3 is 2.39 bits per heavy atom. The lowest BCUT2D eigenvalue weighted by Crippen LogP contribution is -2.30. The zero-order valence-corrected chi connectivity index (χ0v) is 11.6. The average molecular weight is 270 g/mol. The Labute approximate surface area is 108 Å². The first kappa shape index (κ1) is 14.7. The Balaban J connectivity index is 2.81. The molecule has 0 aromatic heterocycles. The fraction of sp³-hybridized carbons (Fsp3) is 0.417. The van der Waals surface area contributed by atoms with Gasteiger partial charge in [0.15, 0.2) is 5.04 Å². The van der Waals surface area contributed by atoms with Gasteiger partial charge in [-0.3, -0.25) is 0 Å². The second-order valence-electron chi connectivity index (χ2n) is 3.94. The molecule has 5 nitrogen and oxygen atoms in total. The fourth-order valence-electron chi connectivity index (χ4n) is 1.43. The van der Waals surface area contributed by atoms with Crippen molar-refractivity contribution < 1.29 is 13.3 Å². The molecule has 18 heavy (non-hydrogen) atoms. The van der Waals surface area contributed by atoms with E-state index in [1.54, 1.807) is 0 Å². The van der Waals surface area contributed by atoms with E-state index in [2.05, 4.69) is 9.99 Å². The summed E-state index contributed by atoms with van der Waals surface area (Å²) in [7, 11) is 0.778. The molecule has 0 bridgehead atoms. The van der Waals surface area contributed by atoms with Gasteiger partial charge in [-0.25, -0.2) is 12.7 Å². The molecule has 0 heterocycles. The quantitative estimate of drug-likeness (QED) is 0.462. The van der Waals surface area contributed by atoms with Crippen LogP contribution in [0.15, 0.2) is 35.5 Å². The second-order valence-corrected chi connectivity index (χ2v) is 6.09. The zero-order chi connectivity index (χ0) is 13.6. The van der Waals surface area contributed by atoms with Crippen LogP contribution in [0, 0.1) is 0 Å². The summed E-state index contributed by atoms with van der Waals surface area (Å²) in [6.07, 6.45) is 0.925. The summed E-state index contributed by atoms with van der Waals surface area (Å²) in [5, 5.41) is 3.66. The number of oxime groups is 1. The van der Waals surface area contributed by atoms with Gasteiger partial charge in [-0.15, -0.1) is 0 Å². The van der Waals surface area contributed by atoms with E-state index in [0.29, 0.717) is 12.8 Å². The first-order chi connectivity index (χ1) is 8.48. The number of nitrogens with zero attached hydrogens (tertiary/aromatic N) is 2. The topological polar surface area (TPSA) is 59.0 Å². The Kier molecular flexibility index (Phi) is 5.30. The number of benzene rings is 1. The average Bonchev–Trinajstić information content (AvgIpc) is 2.35. The van der Waals surface area contributed by atoms with Crippen molar-refractivity contribution in [3.8, 4) is 0 Å². The van der Waals surface area contributed by atoms with Crippen molar-refractivity contribution in [2.24, 2.45) is 5.16 Å². The Hall–Kier alpha value is -1.40. The van der Waals surface area contributed by atoms with Crippen LogP contribution >= 0.6 is 0 Å². The predicted molar refractivity (Wildman–Crippen MR) is 71.8 cm³/mol. The molecule has 1 rings (SSSR count). The molecule has 0 amide bonds. The molecular formula is C12H18N2O3S. The van der Waals surface area contributed by atoms with Crippen LogP contribution in [-0.4, -0.2) is 39.0 Å². The van der Waals surface area contributed by atoms with E-state index in [-0.39, 0.29) is 5.04 Å². The molecule has 0 unspecified atom stereocenters. The number of aryl methyl sites for hydroxylation is 1. The normalized spacial score (nSPS) is 12.8. The van der Waals surface area contributed by atoms with Crippen molar-refractivity contribution >= 4 is 15.1 Å². The van der Waals surface area contributed by atoms with E-state index < -0.39 is 10.0 Å². The zero-order valence-electron chi connectivity index (χ0n) is 10.8. The van der Waals surface area contributed by atoms with Crippen LogP contribution in [0.2, 0.25) is 0 Å². The summed E-state index contributed by atoms with van der Waals surface area (Å²) in [5.74, 6) is 0. The first-order valence-electron chi connectivity index (χ1n) is 5.55. The highest BCUT2D eigenvalue weighted by Crippen LogP contribution is 2.09. The fourth-order valence-corrected chi connectivity index (χ4v) is 2.38. The predicted octanol–water partition coefficient (Wildman–Crippen LogP) is 1.47. The summed E-state index contributed by atoms with van der Waals surface area (Å²) in [6.45, 7) is 0. The first-order valence-corrected chi connectivity index (χ1v) is 6.99. The van der Waals surface area contributed by atoms with Gasteiger partial charge in [0.1, 0.15) is 7.11 Å². The summed E-state index contributed by atoms with van der Waals surface area (Å²) in [5.41, 5.74) is 1.07. The third kappa shape index (κ3) is 3.82. The van der Waals surface area contributed by atoms with Gasteiger partial charge in [0.2, 0.25) is 0 Å². The van der Waals surface area contributed by atoms with Crippen molar-refractivity contribution in [1.29, 1.82) is 0 Å². The summed E-state index contributed by atoms with van der Waals surface area (Å²) < 4.78 is 25.0. The van der Waals surface area contributed by atoms with Crippen LogP contribution in [-0.2, 0) is 21.3 Å². The molecule has 0 atom stereocenters. The summed E-state index contributed by atoms with van der Waals surface area (Å²) in [4.78, 5) is 4.61. The van der Waals surface area contributed by atoms with Gasteiger partial charge in [-0.2, -0.15) is 0 Å². The maximum absolute atomic E-state index is 12.0. The van der Waals surface area contributed by atoms with Crippen LogP contribution in [0.3, 0.4) is 0 Å². The van der Waals surface area contributed by atoms with Crippen molar-refractivity contribution in [3.63, 3.8) is 0 Å². The van der Waals surface area contributed by atoms with Gasteiger partial charge in [-0.1, -0.05) is 35.5 Å². The van der Waals surface area contributed by atoms with Gasteiger partial charge >= 0.3 is 0 Å². The van der Waals surface area contributed by atoms with E-state index >= 15 is 0 Å². The molecule has 0 saturated carbocycles. The largest absolute Gasteiger partial charge is 0.398 e. The highest BCUT2D eigenvalue weighted by Gasteiger charge is 2.23. The number of sulfonamides is 1. The van der Waals surface area contributed by atoms with Crippen molar-refractivity contribution in [2.45, 2.75) is 12.8 Å². The minimum absolute atomic E-state index is 0.0406. The molecule has 0 radical (unpaired) electrons. The molecule has 0 saturated heterocycles. The molecule has 0 aliphatic heterocycles. The van der Waals surface area contributed by atoms with E-state index in [9.17, 15) is 8.42 Å². The molecule has 100 valence electrons. The Morgan fingerprint density at radius 2 is 1.89 bits per heavy atom. The van der Waals surface area contributed by atoms with Crippen LogP contribution in [0.25, 0.3) is 0 Å². The smallest absolute Gasteiger partial charge is 0.259 e. The van der Waals surface area contributed by atoms with E-state index in [1.807, 2.05) is 30.3 Å². The third-order valence-corrected chi connectivity index (χ3v) is 4.28. The molecular weight excluding hydrogens is 252 g/mol. The lowest BCUT2D eigenvalue weighted by atomic mass is 10.1. The Morgan fingerprint density at radius 1 is 1.28 bits per heavy atom. The molecule has 0 fully saturated rings. The highest BCUT2D eigenvalue weighted by molar-refractivity contribution is 8.04. The van der Waals surface area contributed by atoms with E-state index in [4.69, 9.17) is 0 Å². The minimum atomic E-state index is -3.51. The van der Waals surface area contributed by atoms with Crippen molar-refractivity contribution in [2.75, 3.05) is 21.2 Å². The standard InChI is InChI=1S/C12H18N2O3S/c1-14(2)18(15,16)12(13-17-3)10-9-11-7-5-4-6-8-11/h4-8H,9-10H2,1-3H3/b13-12-. The molecule has 6 heteroatoms. The monoisotopic (exact) mass is 270 g/mol. The van der Waals surface area contributed by atoms with Gasteiger partial charge < -0.3 is 4.84 Å². The van der Waals surface area contributed by atoms with Crippen LogP contribution in [0.4, 0.5) is 0 Å². The van der Waals surface area contributed by atoms with E-state index in [1.165, 1.54) is 21.2 Å². The van der Waals surface area contributed by atoms with E-state index in [0.717, 1.165) is 9.87 Å². The van der Waals surface area contributed by atoms with Gasteiger partial charge in [-0.05, 0) is 12.0 Å². The lowest BCUT2D eigenvalue weighted by molar-refractivity contribution is 0.213. The molecule has 0 aliphatic rings. The molecule has 0 spiro atoms.